The van der Waals surface area contributed by atoms with Crippen molar-refractivity contribution in [3.63, 3.8) is 0 Å². The maximum atomic E-state index is 11.2. The summed E-state index contributed by atoms with van der Waals surface area (Å²) in [6, 6.07) is -0.472. The molecule has 5 nitrogen and oxygen atoms in total. The lowest BCUT2D eigenvalue weighted by molar-refractivity contribution is -0.147. The minimum atomic E-state index is -0.791. The molecule has 1 saturated heterocycles. The van der Waals surface area contributed by atoms with Crippen LogP contribution >= 0.6 is 0 Å². The van der Waals surface area contributed by atoms with Gasteiger partial charge >= 0.3 is 5.97 Å². The Hall–Kier alpha value is -0.650. The minimum Gasteiger partial charge on any atom is -0.480 e. The predicted octanol–water partition coefficient (Wildman–Crippen LogP) is 0.569. The van der Waals surface area contributed by atoms with E-state index in [9.17, 15) is 15.0 Å². The number of β-amino-alcohol motifs (C(OH)–C–C–N with tert-alkyl or cyclic N) is 1. The van der Waals surface area contributed by atoms with Gasteiger partial charge in [0.05, 0.1) is 12.7 Å². The number of aliphatic hydroxyl groups is 1. The van der Waals surface area contributed by atoms with Crippen LogP contribution in [0, 0.1) is 5.92 Å². The first-order valence-corrected chi connectivity index (χ1v) is 6.29. The number of rotatable bonds is 6. The SMILES string of the molecule is CCOCC(O)CN1CCCC(C)C1C(=O)O. The van der Waals surface area contributed by atoms with E-state index in [1.54, 1.807) is 0 Å². The summed E-state index contributed by atoms with van der Waals surface area (Å²) in [5.41, 5.74) is 0. The van der Waals surface area contributed by atoms with Gasteiger partial charge in [-0.2, -0.15) is 0 Å². The van der Waals surface area contributed by atoms with Crippen molar-refractivity contribution in [3.8, 4) is 0 Å². The Balaban J connectivity index is 2.51. The average molecular weight is 245 g/mol. The lowest BCUT2D eigenvalue weighted by atomic mass is 9.90. The molecule has 0 aliphatic carbocycles. The maximum Gasteiger partial charge on any atom is 0.321 e. The smallest absolute Gasteiger partial charge is 0.321 e. The maximum absolute atomic E-state index is 11.2. The van der Waals surface area contributed by atoms with E-state index in [0.717, 1.165) is 19.4 Å². The molecule has 0 aromatic rings. The first kappa shape index (κ1) is 14.4. The zero-order chi connectivity index (χ0) is 12.8. The van der Waals surface area contributed by atoms with E-state index < -0.39 is 18.1 Å². The van der Waals surface area contributed by atoms with Crippen molar-refractivity contribution in [2.45, 2.75) is 38.8 Å². The molecule has 0 spiro atoms. The molecule has 1 aliphatic heterocycles. The Kier molecular flexibility index (Phi) is 5.88. The normalized spacial score (nSPS) is 27.9. The zero-order valence-electron chi connectivity index (χ0n) is 10.6. The molecule has 0 aromatic carbocycles. The summed E-state index contributed by atoms with van der Waals surface area (Å²) in [4.78, 5) is 13.1. The van der Waals surface area contributed by atoms with E-state index in [2.05, 4.69) is 0 Å². The molecule has 3 unspecified atom stereocenters. The lowest BCUT2D eigenvalue weighted by Crippen LogP contribution is -2.52. The molecule has 0 saturated carbocycles. The molecule has 100 valence electrons. The van der Waals surface area contributed by atoms with Crippen molar-refractivity contribution >= 4 is 5.97 Å². The number of hydrogen-bond acceptors (Lipinski definition) is 4. The van der Waals surface area contributed by atoms with Gasteiger partial charge < -0.3 is 14.9 Å². The highest BCUT2D eigenvalue weighted by Gasteiger charge is 2.34. The van der Waals surface area contributed by atoms with Crippen LogP contribution in [0.15, 0.2) is 0 Å². The van der Waals surface area contributed by atoms with Crippen molar-refractivity contribution in [2.75, 3.05) is 26.3 Å². The number of carboxylic acid groups (broad SMARTS) is 1. The molecular weight excluding hydrogens is 222 g/mol. The molecule has 17 heavy (non-hydrogen) atoms. The Labute approximate surface area is 102 Å². The van der Waals surface area contributed by atoms with Crippen LogP contribution in [0.3, 0.4) is 0 Å². The quantitative estimate of drug-likeness (QED) is 0.716. The van der Waals surface area contributed by atoms with Crippen molar-refractivity contribution < 1.29 is 19.7 Å². The Morgan fingerprint density at radius 3 is 2.88 bits per heavy atom. The third-order valence-corrected chi connectivity index (χ3v) is 3.25. The predicted molar refractivity (Wildman–Crippen MR) is 63.9 cm³/mol. The van der Waals surface area contributed by atoms with Gasteiger partial charge in [0.1, 0.15) is 6.04 Å². The van der Waals surface area contributed by atoms with Gasteiger partial charge in [0.2, 0.25) is 0 Å². The molecule has 1 fully saturated rings. The number of carbonyl (C=O) groups is 1. The summed E-state index contributed by atoms with van der Waals surface area (Å²) >= 11 is 0. The number of piperidine rings is 1. The number of ether oxygens (including phenoxy) is 1. The van der Waals surface area contributed by atoms with E-state index in [1.165, 1.54) is 0 Å². The topological polar surface area (TPSA) is 70.0 Å². The molecule has 0 radical (unpaired) electrons. The molecule has 0 aromatic heterocycles. The third kappa shape index (κ3) is 4.26. The monoisotopic (exact) mass is 245 g/mol. The van der Waals surface area contributed by atoms with E-state index >= 15 is 0 Å². The highest BCUT2D eigenvalue weighted by Crippen LogP contribution is 2.23. The molecule has 0 bridgehead atoms. The Bertz CT molecular complexity index is 247. The fourth-order valence-corrected chi connectivity index (χ4v) is 2.45. The number of aliphatic carboxylic acids is 1. The average Bonchev–Trinajstić information content (AvgIpc) is 2.25. The van der Waals surface area contributed by atoms with Crippen LogP contribution in [-0.2, 0) is 9.53 Å². The largest absolute Gasteiger partial charge is 0.480 e. The van der Waals surface area contributed by atoms with Crippen LogP contribution in [0.1, 0.15) is 26.7 Å². The second-order valence-corrected chi connectivity index (χ2v) is 4.71. The molecule has 2 N–H and O–H groups in total. The molecular formula is C12H23NO4. The van der Waals surface area contributed by atoms with Gasteiger partial charge in [-0.05, 0) is 32.2 Å². The minimum absolute atomic E-state index is 0.139. The Morgan fingerprint density at radius 1 is 1.59 bits per heavy atom. The second-order valence-electron chi connectivity index (χ2n) is 4.71. The van der Waals surface area contributed by atoms with Gasteiger partial charge in [0.15, 0.2) is 0 Å². The van der Waals surface area contributed by atoms with Crippen molar-refractivity contribution in [1.29, 1.82) is 0 Å². The van der Waals surface area contributed by atoms with Crippen LogP contribution in [0.4, 0.5) is 0 Å². The Morgan fingerprint density at radius 2 is 2.29 bits per heavy atom. The zero-order valence-corrected chi connectivity index (χ0v) is 10.6. The number of carboxylic acids is 1. The molecule has 1 aliphatic rings. The summed E-state index contributed by atoms with van der Waals surface area (Å²) in [5, 5.41) is 19.0. The van der Waals surface area contributed by atoms with Gasteiger partial charge in [0, 0.05) is 13.2 Å². The van der Waals surface area contributed by atoms with E-state index in [-0.39, 0.29) is 12.5 Å². The summed E-state index contributed by atoms with van der Waals surface area (Å²) in [6.07, 6.45) is 1.32. The first-order chi connectivity index (χ1) is 8.06. The van der Waals surface area contributed by atoms with Gasteiger partial charge in [0.25, 0.3) is 0 Å². The summed E-state index contributed by atoms with van der Waals surface area (Å²) in [5.74, 6) is -0.652. The molecule has 0 amide bonds. The van der Waals surface area contributed by atoms with Gasteiger partial charge in [-0.25, -0.2) is 0 Å². The molecule has 1 rings (SSSR count). The summed E-state index contributed by atoms with van der Waals surface area (Å²) in [6.45, 7) is 5.78. The van der Waals surface area contributed by atoms with Crippen molar-refractivity contribution in [2.24, 2.45) is 5.92 Å². The van der Waals surface area contributed by atoms with Crippen LogP contribution in [0.2, 0.25) is 0 Å². The van der Waals surface area contributed by atoms with Crippen molar-refractivity contribution in [1.82, 2.24) is 4.90 Å². The summed E-state index contributed by atoms with van der Waals surface area (Å²) in [7, 11) is 0. The van der Waals surface area contributed by atoms with E-state index in [1.807, 2.05) is 18.7 Å². The van der Waals surface area contributed by atoms with Crippen LogP contribution < -0.4 is 0 Å². The third-order valence-electron chi connectivity index (χ3n) is 3.25. The fourth-order valence-electron chi connectivity index (χ4n) is 2.45. The van der Waals surface area contributed by atoms with Crippen LogP contribution in [0.5, 0.6) is 0 Å². The molecule has 5 heteroatoms. The first-order valence-electron chi connectivity index (χ1n) is 6.29. The van der Waals surface area contributed by atoms with E-state index in [4.69, 9.17) is 4.74 Å². The fraction of sp³-hybridized carbons (Fsp3) is 0.917. The highest BCUT2D eigenvalue weighted by molar-refractivity contribution is 5.74. The number of nitrogens with zero attached hydrogens (tertiary/aromatic N) is 1. The summed E-state index contributed by atoms with van der Waals surface area (Å²) < 4.78 is 5.14. The number of hydrogen-bond donors (Lipinski definition) is 2. The van der Waals surface area contributed by atoms with Gasteiger partial charge in [-0.1, -0.05) is 6.92 Å². The van der Waals surface area contributed by atoms with Gasteiger partial charge in [-0.3, -0.25) is 9.69 Å². The van der Waals surface area contributed by atoms with Crippen LogP contribution in [0.25, 0.3) is 0 Å². The molecule has 1 heterocycles. The highest BCUT2D eigenvalue weighted by atomic mass is 16.5. The number of aliphatic hydroxyl groups excluding tert-OH is 1. The van der Waals surface area contributed by atoms with E-state index in [0.29, 0.717) is 13.2 Å². The van der Waals surface area contributed by atoms with Gasteiger partial charge in [-0.15, -0.1) is 0 Å². The lowest BCUT2D eigenvalue weighted by Gasteiger charge is -2.38. The number of likely N-dealkylation sites (tertiary alicyclic amines) is 1. The molecule has 3 atom stereocenters. The van der Waals surface area contributed by atoms with Crippen molar-refractivity contribution in [3.05, 3.63) is 0 Å². The standard InChI is InChI=1S/C12H23NO4/c1-3-17-8-10(14)7-13-6-4-5-9(2)11(13)12(15)16/h9-11,14H,3-8H2,1-2H3,(H,15,16). The second kappa shape index (κ2) is 6.93. The van der Waals surface area contributed by atoms with Crippen LogP contribution in [-0.4, -0.2) is 59.5 Å².